The number of anilines is 1. The summed E-state index contributed by atoms with van der Waals surface area (Å²) in [7, 11) is 0. The molecule has 0 unspecified atom stereocenters. The summed E-state index contributed by atoms with van der Waals surface area (Å²) in [5.41, 5.74) is 2.18. The molecule has 7 nitrogen and oxygen atoms in total. The first-order chi connectivity index (χ1) is 10.6. The van der Waals surface area contributed by atoms with Crippen molar-refractivity contribution in [1.82, 2.24) is 14.6 Å². The van der Waals surface area contributed by atoms with Crippen LogP contribution in [0.2, 0.25) is 0 Å². The zero-order valence-corrected chi connectivity index (χ0v) is 11.6. The summed E-state index contributed by atoms with van der Waals surface area (Å²) in [6.07, 6.45) is 1.34. The van der Waals surface area contributed by atoms with Gasteiger partial charge >= 0.3 is 0 Å². The Kier molecular flexibility index (Phi) is 3.20. The van der Waals surface area contributed by atoms with Crippen LogP contribution in [0.1, 0.15) is 12.5 Å². The first-order valence-electron chi connectivity index (χ1n) is 6.47. The van der Waals surface area contributed by atoms with Crippen LogP contribution >= 0.6 is 0 Å². The molecule has 1 amide bonds. The first kappa shape index (κ1) is 13.6. The maximum absolute atomic E-state index is 12.1. The number of rotatable bonds is 2. The number of aromatic nitrogens is 3. The van der Waals surface area contributed by atoms with Crippen molar-refractivity contribution in [3.05, 3.63) is 52.4 Å². The lowest BCUT2D eigenvalue weighted by atomic mass is 10.1. The fraction of sp³-hybridized carbons (Fsp3) is 0.0667. The largest absolute Gasteiger partial charge is 0.338 e. The number of nitrogens with zero attached hydrogens (tertiary/aromatic N) is 3. The average molecular weight is 293 g/mol. The van der Waals surface area contributed by atoms with Crippen LogP contribution in [0.5, 0.6) is 0 Å². The lowest BCUT2D eigenvalue weighted by Crippen LogP contribution is -2.14. The highest BCUT2D eigenvalue weighted by Gasteiger charge is 2.09. The molecule has 0 bridgehead atoms. The highest BCUT2D eigenvalue weighted by atomic mass is 16.1. The van der Waals surface area contributed by atoms with Crippen LogP contribution in [0, 0.1) is 11.3 Å². The van der Waals surface area contributed by atoms with Gasteiger partial charge in [-0.3, -0.25) is 9.59 Å². The third-order valence-electron chi connectivity index (χ3n) is 3.11. The first-order valence-corrected chi connectivity index (χ1v) is 6.47. The molecule has 0 fully saturated rings. The fourth-order valence-corrected chi connectivity index (χ4v) is 2.19. The summed E-state index contributed by atoms with van der Waals surface area (Å²) in [4.78, 5) is 26.2. The Morgan fingerprint density at radius 2 is 2.23 bits per heavy atom. The lowest BCUT2D eigenvalue weighted by Gasteiger charge is -2.06. The molecule has 0 spiro atoms. The van der Waals surface area contributed by atoms with Crippen molar-refractivity contribution in [2.45, 2.75) is 6.92 Å². The minimum absolute atomic E-state index is 0.177. The predicted molar refractivity (Wildman–Crippen MR) is 80.3 cm³/mol. The number of carbonyl (C=O) groups excluding carboxylic acids is 1. The van der Waals surface area contributed by atoms with Crippen LogP contribution in [0.3, 0.4) is 0 Å². The number of H-pyrrole nitrogens is 1. The minimum atomic E-state index is -0.338. The van der Waals surface area contributed by atoms with Crippen LogP contribution < -0.4 is 10.9 Å². The number of benzene rings is 1. The molecule has 1 aromatic carbocycles. The zero-order valence-electron chi connectivity index (χ0n) is 11.6. The molecule has 0 atom stereocenters. The van der Waals surface area contributed by atoms with Gasteiger partial charge in [-0.2, -0.15) is 14.9 Å². The fourth-order valence-electron chi connectivity index (χ4n) is 2.19. The van der Waals surface area contributed by atoms with E-state index in [2.05, 4.69) is 15.4 Å². The quantitative estimate of drug-likeness (QED) is 0.747. The number of amides is 1. The van der Waals surface area contributed by atoms with E-state index in [1.54, 1.807) is 24.3 Å². The number of hydrogen-bond acceptors (Lipinski definition) is 4. The SMILES string of the molecule is CC(=O)Nc1cccc(-c2cc(=O)n3ncc(C#N)c3[nH]2)c1. The highest BCUT2D eigenvalue weighted by molar-refractivity contribution is 5.89. The molecule has 0 aliphatic carbocycles. The van der Waals surface area contributed by atoms with Crippen molar-refractivity contribution in [2.24, 2.45) is 0 Å². The van der Waals surface area contributed by atoms with Crippen LogP contribution in [0.4, 0.5) is 5.69 Å². The summed E-state index contributed by atoms with van der Waals surface area (Å²) in [5.74, 6) is -0.177. The molecule has 2 N–H and O–H groups in total. The van der Waals surface area contributed by atoms with Crippen LogP contribution in [0.15, 0.2) is 41.3 Å². The van der Waals surface area contributed by atoms with Crippen molar-refractivity contribution < 1.29 is 4.79 Å². The number of nitriles is 1. The van der Waals surface area contributed by atoms with E-state index in [0.717, 1.165) is 10.1 Å². The molecule has 0 radical (unpaired) electrons. The van der Waals surface area contributed by atoms with Gasteiger partial charge in [-0.1, -0.05) is 12.1 Å². The number of hydrogen-bond donors (Lipinski definition) is 2. The van der Waals surface area contributed by atoms with E-state index in [4.69, 9.17) is 5.26 Å². The molecule has 0 aliphatic heterocycles. The topological polar surface area (TPSA) is 103 Å². The predicted octanol–water partition coefficient (Wildman–Crippen LogP) is 1.52. The number of nitrogens with one attached hydrogen (secondary N) is 2. The summed E-state index contributed by atoms with van der Waals surface area (Å²) >= 11 is 0. The maximum Gasteiger partial charge on any atom is 0.274 e. The Labute approximate surface area is 124 Å². The van der Waals surface area contributed by atoms with Gasteiger partial charge in [0.15, 0.2) is 5.65 Å². The van der Waals surface area contributed by atoms with Gasteiger partial charge in [-0.15, -0.1) is 0 Å². The van der Waals surface area contributed by atoms with E-state index in [1.165, 1.54) is 19.2 Å². The molecule has 22 heavy (non-hydrogen) atoms. The standard InChI is InChI=1S/C15H11N5O2/c1-9(21)18-12-4-2-3-10(5-12)13-6-14(22)20-15(19-13)11(7-16)8-17-20/h2-6,8,19H,1H3,(H,18,21). The molecule has 7 heteroatoms. The Morgan fingerprint density at radius 3 is 2.95 bits per heavy atom. The average Bonchev–Trinajstić information content (AvgIpc) is 2.90. The Morgan fingerprint density at radius 1 is 1.41 bits per heavy atom. The van der Waals surface area contributed by atoms with Crippen molar-refractivity contribution in [3.8, 4) is 17.3 Å². The monoisotopic (exact) mass is 293 g/mol. The second-order valence-corrected chi connectivity index (χ2v) is 4.71. The van der Waals surface area contributed by atoms with Gasteiger partial charge in [0.25, 0.3) is 5.56 Å². The summed E-state index contributed by atoms with van der Waals surface area (Å²) in [6.45, 7) is 1.42. The molecule has 2 heterocycles. The molecular formula is C15H11N5O2. The molecular weight excluding hydrogens is 282 g/mol. The third kappa shape index (κ3) is 2.33. The van der Waals surface area contributed by atoms with Gasteiger partial charge in [-0.05, 0) is 12.1 Å². The van der Waals surface area contributed by atoms with Crippen molar-refractivity contribution in [2.75, 3.05) is 5.32 Å². The lowest BCUT2D eigenvalue weighted by molar-refractivity contribution is -0.114. The van der Waals surface area contributed by atoms with E-state index >= 15 is 0 Å². The van der Waals surface area contributed by atoms with Gasteiger partial charge in [-0.25, -0.2) is 0 Å². The van der Waals surface area contributed by atoms with Gasteiger partial charge in [0.2, 0.25) is 5.91 Å². The van der Waals surface area contributed by atoms with Gasteiger partial charge in [0, 0.05) is 24.2 Å². The van der Waals surface area contributed by atoms with Crippen molar-refractivity contribution in [1.29, 1.82) is 5.26 Å². The minimum Gasteiger partial charge on any atom is -0.338 e. The molecule has 0 saturated heterocycles. The van der Waals surface area contributed by atoms with Crippen LogP contribution in [-0.4, -0.2) is 20.5 Å². The Balaban J connectivity index is 2.16. The third-order valence-corrected chi connectivity index (χ3v) is 3.11. The van der Waals surface area contributed by atoms with Gasteiger partial charge in [0.1, 0.15) is 11.6 Å². The van der Waals surface area contributed by atoms with E-state index in [0.29, 0.717) is 17.0 Å². The summed E-state index contributed by atoms with van der Waals surface area (Å²) in [6, 6.07) is 10.4. The van der Waals surface area contributed by atoms with Crippen LogP contribution in [-0.2, 0) is 4.79 Å². The normalized spacial score (nSPS) is 10.4. The molecule has 108 valence electrons. The summed E-state index contributed by atoms with van der Waals surface area (Å²) < 4.78 is 1.14. The smallest absolute Gasteiger partial charge is 0.274 e. The molecule has 2 aromatic heterocycles. The van der Waals surface area contributed by atoms with Crippen LogP contribution in [0.25, 0.3) is 16.9 Å². The van der Waals surface area contributed by atoms with Crippen molar-refractivity contribution in [3.63, 3.8) is 0 Å². The van der Waals surface area contributed by atoms with E-state index in [-0.39, 0.29) is 17.0 Å². The summed E-state index contributed by atoms with van der Waals surface area (Å²) in [5, 5.41) is 15.6. The van der Waals surface area contributed by atoms with E-state index < -0.39 is 0 Å². The molecule has 0 aliphatic rings. The van der Waals surface area contributed by atoms with E-state index in [9.17, 15) is 9.59 Å². The highest BCUT2D eigenvalue weighted by Crippen LogP contribution is 2.21. The number of fused-ring (bicyclic) bond motifs is 1. The molecule has 3 rings (SSSR count). The number of aromatic amines is 1. The Bertz CT molecular complexity index is 977. The molecule has 3 aromatic rings. The maximum atomic E-state index is 12.1. The van der Waals surface area contributed by atoms with Crippen molar-refractivity contribution >= 4 is 17.2 Å². The second-order valence-electron chi connectivity index (χ2n) is 4.71. The van der Waals surface area contributed by atoms with Gasteiger partial charge < -0.3 is 10.3 Å². The zero-order chi connectivity index (χ0) is 15.7. The second kappa shape index (κ2) is 5.18. The number of carbonyl (C=O) groups is 1. The van der Waals surface area contributed by atoms with Gasteiger partial charge in [0.05, 0.1) is 11.9 Å². The molecule has 0 saturated carbocycles. The Hall–Kier alpha value is -3.40. The van der Waals surface area contributed by atoms with E-state index in [1.807, 2.05) is 6.07 Å².